The van der Waals surface area contributed by atoms with E-state index in [1.807, 2.05) is 62.4 Å². The summed E-state index contributed by atoms with van der Waals surface area (Å²) in [5.41, 5.74) is 2.22. The summed E-state index contributed by atoms with van der Waals surface area (Å²) in [6, 6.07) is 14.3. The van der Waals surface area contributed by atoms with Crippen molar-refractivity contribution in [1.82, 2.24) is 4.90 Å². The Hall–Kier alpha value is -3.27. The van der Waals surface area contributed by atoms with Crippen LogP contribution in [0, 0.1) is 25.7 Å². The lowest BCUT2D eigenvalue weighted by molar-refractivity contribution is -0.140. The second kappa shape index (κ2) is 13.4. The van der Waals surface area contributed by atoms with E-state index in [2.05, 4.69) is 29.1 Å². The Bertz CT molecular complexity index is 1400. The highest BCUT2D eigenvalue weighted by Crippen LogP contribution is 2.60. The van der Waals surface area contributed by atoms with Gasteiger partial charge in [-0.2, -0.15) is 0 Å². The van der Waals surface area contributed by atoms with E-state index in [-0.39, 0.29) is 42.2 Å². The summed E-state index contributed by atoms with van der Waals surface area (Å²) in [5, 5.41) is 9.37. The van der Waals surface area contributed by atoms with Gasteiger partial charge in [0.1, 0.15) is 11.6 Å². The van der Waals surface area contributed by atoms with Gasteiger partial charge >= 0.3 is 0 Å². The van der Waals surface area contributed by atoms with Gasteiger partial charge in [0.2, 0.25) is 11.8 Å². The molecular weight excluding hydrogens is 622 g/mol. The molecule has 6 atom stereocenters. The maximum Gasteiger partial charge on any atom is 0.253 e. The first-order valence-electron chi connectivity index (χ1n) is 15.4. The quantitative estimate of drug-likeness (QED) is 0.186. The van der Waals surface area contributed by atoms with E-state index in [9.17, 15) is 19.5 Å². The highest BCUT2D eigenvalue weighted by Gasteiger charge is 2.77. The van der Waals surface area contributed by atoms with Crippen LogP contribution in [0.2, 0.25) is 0 Å². The van der Waals surface area contributed by atoms with Crippen molar-refractivity contribution in [3.05, 3.63) is 85.0 Å². The molecule has 3 saturated heterocycles. The van der Waals surface area contributed by atoms with Gasteiger partial charge in [-0.1, -0.05) is 64.5 Å². The monoisotopic (exact) mass is 663 g/mol. The number of benzene rings is 2. The first-order chi connectivity index (χ1) is 21.2. The van der Waals surface area contributed by atoms with Crippen molar-refractivity contribution >= 4 is 45.0 Å². The third kappa shape index (κ3) is 5.43. The number of halogens is 1. The van der Waals surface area contributed by atoms with Crippen LogP contribution in [-0.2, 0) is 19.1 Å². The minimum atomic E-state index is -1.17. The maximum atomic E-state index is 14.9. The van der Waals surface area contributed by atoms with Crippen molar-refractivity contribution in [3.63, 3.8) is 0 Å². The van der Waals surface area contributed by atoms with Crippen molar-refractivity contribution in [2.45, 2.75) is 62.1 Å². The zero-order chi connectivity index (χ0) is 31.6. The van der Waals surface area contributed by atoms with Crippen LogP contribution in [0.4, 0.5) is 11.4 Å². The Kier molecular flexibility index (Phi) is 9.77. The molecule has 9 heteroatoms. The van der Waals surface area contributed by atoms with Crippen LogP contribution in [0.15, 0.2) is 73.8 Å². The molecule has 8 nitrogen and oxygen atoms in total. The first kappa shape index (κ1) is 32.1. The van der Waals surface area contributed by atoms with E-state index < -0.39 is 29.6 Å². The molecule has 0 radical (unpaired) electrons. The SMILES string of the molecule is C=CCN(C(=O)[C@H]1[C@@H]2OC3(CC2Br)C(C(=O)N(CC=C)c2c(C)cccc2C)N(CCCCCO)C(=O)[C@H]13)c1ccccc1. The molecule has 3 fully saturated rings. The fourth-order valence-electron chi connectivity index (χ4n) is 7.54. The number of ether oxygens (including phenoxy) is 1. The number of carbonyl (C=O) groups excluding carboxylic acids is 3. The van der Waals surface area contributed by atoms with Crippen molar-refractivity contribution in [1.29, 1.82) is 0 Å². The molecule has 1 N–H and O–H groups in total. The zero-order valence-corrected chi connectivity index (χ0v) is 27.1. The Labute approximate surface area is 268 Å². The number of hydrogen-bond acceptors (Lipinski definition) is 5. The molecule has 3 unspecified atom stereocenters. The smallest absolute Gasteiger partial charge is 0.253 e. The summed E-state index contributed by atoms with van der Waals surface area (Å²) in [6.45, 7) is 12.7. The number of aliphatic hydroxyl groups is 1. The topological polar surface area (TPSA) is 90.4 Å². The number of carbonyl (C=O) groups is 3. The van der Waals surface area contributed by atoms with Gasteiger partial charge in [-0.05, 0) is 62.8 Å². The van der Waals surface area contributed by atoms with Gasteiger partial charge in [-0.25, -0.2) is 0 Å². The van der Waals surface area contributed by atoms with E-state index in [1.54, 1.807) is 26.9 Å². The van der Waals surface area contributed by atoms with Gasteiger partial charge < -0.3 is 24.5 Å². The van der Waals surface area contributed by atoms with Crippen LogP contribution in [0.3, 0.4) is 0 Å². The number of anilines is 2. The van der Waals surface area contributed by atoms with Gasteiger partial charge in [0.25, 0.3) is 5.91 Å². The molecule has 5 rings (SSSR count). The van der Waals surface area contributed by atoms with E-state index in [4.69, 9.17) is 4.74 Å². The molecule has 3 heterocycles. The summed E-state index contributed by atoms with van der Waals surface area (Å²) in [7, 11) is 0. The molecule has 2 bridgehead atoms. The van der Waals surface area contributed by atoms with Crippen molar-refractivity contribution in [2.24, 2.45) is 11.8 Å². The molecule has 44 heavy (non-hydrogen) atoms. The number of para-hydroxylation sites is 2. The van der Waals surface area contributed by atoms with Gasteiger partial charge in [0.15, 0.2) is 0 Å². The molecule has 0 saturated carbocycles. The van der Waals surface area contributed by atoms with Crippen molar-refractivity contribution in [3.8, 4) is 0 Å². The molecule has 3 aliphatic rings. The van der Waals surface area contributed by atoms with E-state index in [0.29, 0.717) is 37.9 Å². The van der Waals surface area contributed by atoms with Gasteiger partial charge in [0, 0.05) is 42.4 Å². The standard InChI is InChI=1S/C35H42BrN3O5/c1-5-18-37(25-16-9-7-10-17-25)32(41)27-28-33(42)39(20-11-8-12-21-40)31(35(28)22-26(36)30(27)44-35)34(43)38(19-6-2)29-23(3)14-13-15-24(29)4/h5-7,9-10,13-17,26-28,30-31,40H,1-2,8,11-12,18-22H2,3-4H3/t26?,27-,28+,30-,31?,35?/m1/s1. The number of likely N-dealkylation sites (tertiary alicyclic amines) is 1. The summed E-state index contributed by atoms with van der Waals surface area (Å²) in [6.07, 6.45) is 5.18. The molecule has 3 amide bonds. The van der Waals surface area contributed by atoms with Crippen LogP contribution >= 0.6 is 15.9 Å². The maximum absolute atomic E-state index is 14.9. The highest BCUT2D eigenvalue weighted by atomic mass is 79.9. The third-order valence-corrected chi connectivity index (χ3v) is 10.1. The summed E-state index contributed by atoms with van der Waals surface area (Å²) >= 11 is 3.79. The van der Waals surface area contributed by atoms with E-state index >= 15 is 0 Å². The lowest BCUT2D eigenvalue weighted by Gasteiger charge is -2.38. The predicted molar refractivity (Wildman–Crippen MR) is 176 cm³/mol. The lowest BCUT2D eigenvalue weighted by atomic mass is 9.70. The fraction of sp³-hybridized carbons (Fsp3) is 0.457. The van der Waals surface area contributed by atoms with Crippen molar-refractivity contribution in [2.75, 3.05) is 36.0 Å². The first-order valence-corrected chi connectivity index (χ1v) is 16.3. The molecule has 1 spiro atoms. The van der Waals surface area contributed by atoms with Gasteiger partial charge in [-0.3, -0.25) is 14.4 Å². The highest BCUT2D eigenvalue weighted by molar-refractivity contribution is 9.09. The summed E-state index contributed by atoms with van der Waals surface area (Å²) in [4.78, 5) is 48.7. The van der Waals surface area contributed by atoms with Gasteiger partial charge in [-0.15, -0.1) is 13.2 Å². The number of fused-ring (bicyclic) bond motifs is 1. The minimum Gasteiger partial charge on any atom is -0.396 e. The predicted octanol–water partition coefficient (Wildman–Crippen LogP) is 4.95. The van der Waals surface area contributed by atoms with Crippen LogP contribution in [0.1, 0.15) is 36.8 Å². The number of aliphatic hydroxyl groups excluding tert-OH is 1. The van der Waals surface area contributed by atoms with Crippen LogP contribution < -0.4 is 9.80 Å². The van der Waals surface area contributed by atoms with Crippen LogP contribution in [0.25, 0.3) is 0 Å². The molecule has 3 aliphatic heterocycles. The Morgan fingerprint density at radius 2 is 1.66 bits per heavy atom. The number of amides is 3. The third-order valence-electron chi connectivity index (χ3n) is 9.30. The molecule has 0 aliphatic carbocycles. The second-order valence-corrected chi connectivity index (χ2v) is 13.2. The Morgan fingerprint density at radius 1 is 1.00 bits per heavy atom. The number of hydrogen-bond donors (Lipinski definition) is 1. The summed E-state index contributed by atoms with van der Waals surface area (Å²) in [5.74, 6) is -2.25. The van der Waals surface area contributed by atoms with Crippen LogP contribution in [0.5, 0.6) is 0 Å². The molecular formula is C35H42BrN3O5. The zero-order valence-electron chi connectivity index (χ0n) is 25.5. The van der Waals surface area contributed by atoms with Crippen LogP contribution in [-0.4, -0.2) is 76.5 Å². The second-order valence-electron chi connectivity index (χ2n) is 12.0. The number of rotatable bonds is 13. The van der Waals surface area contributed by atoms with E-state index in [1.165, 1.54) is 0 Å². The van der Waals surface area contributed by atoms with Gasteiger partial charge in [0.05, 0.1) is 17.9 Å². The fourth-order valence-corrected chi connectivity index (χ4v) is 8.48. The number of aryl methyl sites for hydroxylation is 2. The lowest BCUT2D eigenvalue weighted by Crippen LogP contribution is -2.57. The van der Waals surface area contributed by atoms with E-state index in [0.717, 1.165) is 16.8 Å². The Balaban J connectivity index is 1.59. The minimum absolute atomic E-state index is 0.0633. The number of alkyl halides is 1. The average molecular weight is 665 g/mol. The molecule has 2 aromatic rings. The summed E-state index contributed by atoms with van der Waals surface area (Å²) < 4.78 is 6.78. The normalized spacial score (nSPS) is 26.9. The molecule has 2 aromatic carbocycles. The Morgan fingerprint density at radius 3 is 2.30 bits per heavy atom. The largest absolute Gasteiger partial charge is 0.396 e. The van der Waals surface area contributed by atoms with Crippen molar-refractivity contribution < 1.29 is 24.2 Å². The average Bonchev–Trinajstić information content (AvgIpc) is 3.60. The number of nitrogens with zero attached hydrogens (tertiary/aromatic N) is 3. The molecule has 0 aromatic heterocycles. The number of unbranched alkanes of at least 4 members (excludes halogenated alkanes) is 2. The molecule has 234 valence electrons.